The van der Waals surface area contributed by atoms with E-state index in [1.54, 1.807) is 25.6 Å². The predicted molar refractivity (Wildman–Crippen MR) is 80.4 cm³/mol. The van der Waals surface area contributed by atoms with Gasteiger partial charge in [-0.3, -0.25) is 0 Å². The summed E-state index contributed by atoms with van der Waals surface area (Å²) in [7, 11) is 3.20. The summed E-state index contributed by atoms with van der Waals surface area (Å²) in [6.45, 7) is 0. The summed E-state index contributed by atoms with van der Waals surface area (Å²) in [5, 5.41) is 2.84. The second kappa shape index (κ2) is 4.97. The highest BCUT2D eigenvalue weighted by Crippen LogP contribution is 2.32. The Kier molecular flexibility index (Phi) is 3.15. The third-order valence-electron chi connectivity index (χ3n) is 3.00. The van der Waals surface area contributed by atoms with E-state index in [4.69, 9.17) is 15.2 Å². The summed E-state index contributed by atoms with van der Waals surface area (Å²) in [4.78, 5) is 9.76. The molecule has 0 fully saturated rings. The molecule has 102 valence electrons. The molecule has 2 N–H and O–H groups in total. The maximum atomic E-state index is 5.97. The van der Waals surface area contributed by atoms with E-state index in [0.717, 1.165) is 15.8 Å². The molecule has 0 amide bonds. The number of hydrogen-bond acceptors (Lipinski definition) is 6. The molecule has 0 aliphatic rings. The molecule has 3 rings (SSSR count). The fourth-order valence-electron chi connectivity index (χ4n) is 1.98. The lowest BCUT2D eigenvalue weighted by atomic mass is 10.2. The molecule has 0 saturated carbocycles. The summed E-state index contributed by atoms with van der Waals surface area (Å²) in [6, 6.07) is 7.47. The molecule has 0 aliphatic heterocycles. The molecule has 0 unspecified atom stereocenters. The van der Waals surface area contributed by atoms with Gasteiger partial charge in [0.1, 0.15) is 10.6 Å². The monoisotopic (exact) mass is 287 g/mol. The number of methoxy groups -OCH3 is 2. The van der Waals surface area contributed by atoms with Gasteiger partial charge in [0.2, 0.25) is 0 Å². The Morgan fingerprint density at radius 2 is 1.85 bits per heavy atom. The zero-order valence-corrected chi connectivity index (χ0v) is 11.9. The standard InChI is InChI=1S/C14H13N3O2S/c1-18-10-4-3-8(7-11(10)19-2)13-16-12(15)9-5-6-20-14(9)17-13/h3-7H,1-2H3,(H2,15,16,17). The van der Waals surface area contributed by atoms with E-state index in [2.05, 4.69) is 9.97 Å². The largest absolute Gasteiger partial charge is 0.493 e. The van der Waals surface area contributed by atoms with Crippen LogP contribution in [-0.4, -0.2) is 24.2 Å². The van der Waals surface area contributed by atoms with Crippen LogP contribution < -0.4 is 15.2 Å². The van der Waals surface area contributed by atoms with Gasteiger partial charge in [-0.25, -0.2) is 9.97 Å². The fourth-order valence-corrected chi connectivity index (χ4v) is 2.75. The highest BCUT2D eigenvalue weighted by Gasteiger charge is 2.11. The van der Waals surface area contributed by atoms with Gasteiger partial charge in [0.15, 0.2) is 17.3 Å². The summed E-state index contributed by atoms with van der Waals surface area (Å²) >= 11 is 1.54. The van der Waals surface area contributed by atoms with E-state index >= 15 is 0 Å². The molecule has 0 aliphatic carbocycles. The number of ether oxygens (including phenoxy) is 2. The van der Waals surface area contributed by atoms with Crippen LogP contribution in [0.1, 0.15) is 0 Å². The van der Waals surface area contributed by atoms with Crippen molar-refractivity contribution in [2.75, 3.05) is 20.0 Å². The molecule has 5 nitrogen and oxygen atoms in total. The van der Waals surface area contributed by atoms with Crippen molar-refractivity contribution in [2.45, 2.75) is 0 Å². The molecule has 0 saturated heterocycles. The number of nitrogens with two attached hydrogens (primary N) is 1. The van der Waals surface area contributed by atoms with Crippen LogP contribution in [0.5, 0.6) is 11.5 Å². The number of hydrogen-bond donors (Lipinski definition) is 1. The quantitative estimate of drug-likeness (QED) is 0.802. The van der Waals surface area contributed by atoms with Crippen LogP contribution in [0.15, 0.2) is 29.6 Å². The molecule has 3 aromatic rings. The lowest BCUT2D eigenvalue weighted by Crippen LogP contribution is -1.97. The van der Waals surface area contributed by atoms with Crippen molar-refractivity contribution < 1.29 is 9.47 Å². The van der Waals surface area contributed by atoms with E-state index in [9.17, 15) is 0 Å². The van der Waals surface area contributed by atoms with Crippen LogP contribution in [0.4, 0.5) is 5.82 Å². The van der Waals surface area contributed by atoms with Crippen LogP contribution in [0.3, 0.4) is 0 Å². The van der Waals surface area contributed by atoms with Crippen molar-refractivity contribution in [3.8, 4) is 22.9 Å². The average Bonchev–Trinajstić information content (AvgIpc) is 2.95. The average molecular weight is 287 g/mol. The van der Waals surface area contributed by atoms with Crippen LogP contribution in [0.25, 0.3) is 21.6 Å². The molecule has 0 atom stereocenters. The van der Waals surface area contributed by atoms with Crippen LogP contribution in [-0.2, 0) is 0 Å². The number of rotatable bonds is 3. The predicted octanol–water partition coefficient (Wildman–Crippen LogP) is 2.96. The first kappa shape index (κ1) is 12.7. The zero-order chi connectivity index (χ0) is 14.1. The summed E-state index contributed by atoms with van der Waals surface area (Å²) in [6.07, 6.45) is 0. The van der Waals surface area contributed by atoms with E-state index in [0.29, 0.717) is 23.1 Å². The van der Waals surface area contributed by atoms with E-state index in [1.165, 1.54) is 0 Å². The Bertz CT molecular complexity index is 770. The first-order valence-corrected chi connectivity index (χ1v) is 6.84. The third-order valence-corrected chi connectivity index (χ3v) is 3.80. The Morgan fingerprint density at radius 3 is 2.60 bits per heavy atom. The van der Waals surface area contributed by atoms with Gasteiger partial charge in [0.25, 0.3) is 0 Å². The first-order valence-electron chi connectivity index (χ1n) is 5.96. The molecule has 2 aromatic heterocycles. The Labute approximate surface area is 120 Å². The van der Waals surface area contributed by atoms with Crippen LogP contribution >= 0.6 is 11.3 Å². The lowest BCUT2D eigenvalue weighted by molar-refractivity contribution is 0.355. The van der Waals surface area contributed by atoms with Gasteiger partial charge in [-0.1, -0.05) is 0 Å². The number of thiophene rings is 1. The Balaban J connectivity index is 2.14. The highest BCUT2D eigenvalue weighted by molar-refractivity contribution is 7.16. The number of fused-ring (bicyclic) bond motifs is 1. The topological polar surface area (TPSA) is 70.3 Å². The van der Waals surface area contributed by atoms with Crippen molar-refractivity contribution in [3.63, 3.8) is 0 Å². The maximum absolute atomic E-state index is 5.97. The van der Waals surface area contributed by atoms with Gasteiger partial charge < -0.3 is 15.2 Å². The normalized spacial score (nSPS) is 10.7. The van der Waals surface area contributed by atoms with Crippen LogP contribution in [0, 0.1) is 0 Å². The Hall–Kier alpha value is -2.34. The minimum Gasteiger partial charge on any atom is -0.493 e. The molecular weight excluding hydrogens is 274 g/mol. The summed E-state index contributed by atoms with van der Waals surface area (Å²) < 4.78 is 10.5. The van der Waals surface area contributed by atoms with Gasteiger partial charge in [0.05, 0.1) is 19.6 Å². The maximum Gasteiger partial charge on any atom is 0.163 e. The Morgan fingerprint density at radius 1 is 1.05 bits per heavy atom. The molecule has 0 spiro atoms. The number of anilines is 1. The fraction of sp³-hybridized carbons (Fsp3) is 0.143. The molecule has 6 heteroatoms. The molecular formula is C14H13N3O2S. The van der Waals surface area contributed by atoms with Crippen molar-refractivity contribution in [1.82, 2.24) is 9.97 Å². The molecule has 0 radical (unpaired) electrons. The SMILES string of the molecule is COc1ccc(-c2nc(N)c3ccsc3n2)cc1OC. The van der Waals surface area contributed by atoms with Crippen LogP contribution in [0.2, 0.25) is 0 Å². The zero-order valence-electron chi connectivity index (χ0n) is 11.1. The minimum atomic E-state index is 0.487. The van der Waals surface area contributed by atoms with E-state index in [-0.39, 0.29) is 0 Å². The van der Waals surface area contributed by atoms with Crippen molar-refractivity contribution in [3.05, 3.63) is 29.6 Å². The molecule has 20 heavy (non-hydrogen) atoms. The number of benzene rings is 1. The number of aromatic nitrogens is 2. The van der Waals surface area contributed by atoms with Crippen molar-refractivity contribution >= 4 is 27.4 Å². The molecule has 1 aromatic carbocycles. The van der Waals surface area contributed by atoms with Crippen molar-refractivity contribution in [2.24, 2.45) is 0 Å². The minimum absolute atomic E-state index is 0.487. The number of nitrogens with zero attached hydrogens (tertiary/aromatic N) is 2. The van der Waals surface area contributed by atoms with Gasteiger partial charge in [-0.2, -0.15) is 0 Å². The van der Waals surface area contributed by atoms with E-state index < -0.39 is 0 Å². The summed E-state index contributed by atoms with van der Waals surface area (Å²) in [5.74, 6) is 2.37. The molecule has 2 heterocycles. The van der Waals surface area contributed by atoms with Gasteiger partial charge in [-0.05, 0) is 29.6 Å². The first-order chi connectivity index (χ1) is 9.72. The van der Waals surface area contributed by atoms with Gasteiger partial charge in [0, 0.05) is 5.56 Å². The smallest absolute Gasteiger partial charge is 0.163 e. The number of nitrogen functional groups attached to an aromatic ring is 1. The van der Waals surface area contributed by atoms with Gasteiger partial charge in [-0.15, -0.1) is 11.3 Å². The van der Waals surface area contributed by atoms with E-state index in [1.807, 2.05) is 29.6 Å². The van der Waals surface area contributed by atoms with Crippen molar-refractivity contribution in [1.29, 1.82) is 0 Å². The second-order valence-electron chi connectivity index (χ2n) is 4.14. The lowest BCUT2D eigenvalue weighted by Gasteiger charge is -2.09. The third kappa shape index (κ3) is 2.04. The summed E-state index contributed by atoms with van der Waals surface area (Å²) in [5.41, 5.74) is 6.80. The van der Waals surface area contributed by atoms with Gasteiger partial charge >= 0.3 is 0 Å². The second-order valence-corrected chi connectivity index (χ2v) is 5.04. The highest BCUT2D eigenvalue weighted by atomic mass is 32.1. The molecule has 0 bridgehead atoms.